The van der Waals surface area contributed by atoms with Crippen LogP contribution in [0.5, 0.6) is 0 Å². The van der Waals surface area contributed by atoms with Crippen LogP contribution in [0.3, 0.4) is 0 Å². The lowest BCUT2D eigenvalue weighted by Crippen LogP contribution is -1.85. The average molecular weight is 203 g/mol. The van der Waals surface area contributed by atoms with Crippen LogP contribution in [0.25, 0.3) is 0 Å². The highest BCUT2D eigenvalue weighted by Crippen LogP contribution is 2.10. The summed E-state index contributed by atoms with van der Waals surface area (Å²) in [4.78, 5) is 0. The van der Waals surface area contributed by atoms with E-state index in [2.05, 4.69) is 37.3 Å². The molecule has 0 nitrogen and oxygen atoms in total. The summed E-state index contributed by atoms with van der Waals surface area (Å²) in [6.45, 7) is 3.86. The third-order valence-corrected chi connectivity index (χ3v) is 2.81. The minimum Gasteiger partial charge on any atom is -0.343 e. The number of hydrogen-bond donors (Lipinski definition) is 0. The van der Waals surface area contributed by atoms with Gasteiger partial charge in [0.2, 0.25) is 0 Å². The highest BCUT2D eigenvalue weighted by atomic mass is 14.0. The van der Waals surface area contributed by atoms with E-state index in [0.717, 1.165) is 6.42 Å². The molecule has 0 heteroatoms. The molecule has 0 atom stereocenters. The molecule has 0 fully saturated rings. The topological polar surface area (TPSA) is 0 Å². The van der Waals surface area contributed by atoms with Crippen LogP contribution in [-0.2, 0) is 6.42 Å². The van der Waals surface area contributed by atoms with Gasteiger partial charge in [0, 0.05) is 0 Å². The monoisotopic (exact) mass is 203 g/mol. The molecule has 0 spiro atoms. The van der Waals surface area contributed by atoms with Crippen molar-refractivity contribution in [2.75, 3.05) is 0 Å². The van der Waals surface area contributed by atoms with Gasteiger partial charge >= 0.3 is 0 Å². The Morgan fingerprint density at radius 2 is 1.33 bits per heavy atom. The van der Waals surface area contributed by atoms with Crippen LogP contribution in [0, 0.1) is 6.92 Å². The predicted molar refractivity (Wildman–Crippen MR) is 67.8 cm³/mol. The van der Waals surface area contributed by atoms with Crippen molar-refractivity contribution in [2.45, 2.75) is 51.4 Å². The molecule has 0 aliphatic carbocycles. The van der Waals surface area contributed by atoms with Crippen molar-refractivity contribution < 1.29 is 0 Å². The van der Waals surface area contributed by atoms with Crippen molar-refractivity contribution in [2.24, 2.45) is 0 Å². The summed E-state index contributed by atoms with van der Waals surface area (Å²) in [6, 6.07) is 10.8. The average Bonchev–Trinajstić information content (AvgIpc) is 2.29. The quantitative estimate of drug-likeness (QED) is 0.421. The van der Waals surface area contributed by atoms with E-state index in [4.69, 9.17) is 0 Å². The summed E-state index contributed by atoms with van der Waals surface area (Å²) >= 11 is 0. The molecular weight excluding hydrogens is 180 g/mol. The number of unbranched alkanes of at least 4 members (excludes halogenated alkanes) is 6. The van der Waals surface area contributed by atoms with Crippen molar-refractivity contribution >= 4 is 0 Å². The molecule has 0 saturated heterocycles. The van der Waals surface area contributed by atoms with E-state index in [1.54, 1.807) is 0 Å². The lowest BCUT2D eigenvalue weighted by molar-refractivity contribution is 0.596. The Balaban J connectivity index is 1.93. The van der Waals surface area contributed by atoms with E-state index in [1.807, 2.05) is 0 Å². The van der Waals surface area contributed by atoms with E-state index >= 15 is 0 Å². The number of hydrogen-bond acceptors (Lipinski definition) is 0. The van der Waals surface area contributed by atoms with Crippen LogP contribution in [0.4, 0.5) is 0 Å². The van der Waals surface area contributed by atoms with Crippen molar-refractivity contribution in [1.82, 2.24) is 0 Å². The minimum atomic E-state index is 1.10. The summed E-state index contributed by atoms with van der Waals surface area (Å²) < 4.78 is 0. The third-order valence-electron chi connectivity index (χ3n) is 2.81. The zero-order chi connectivity index (χ0) is 10.8. The van der Waals surface area contributed by atoms with E-state index in [9.17, 15) is 0 Å². The predicted octanol–water partition coefficient (Wildman–Crippen LogP) is 4.79. The second kappa shape index (κ2) is 8.52. The van der Waals surface area contributed by atoms with Crippen molar-refractivity contribution in [1.29, 1.82) is 0 Å². The molecule has 0 N–H and O–H groups in total. The molecule has 0 amide bonds. The van der Waals surface area contributed by atoms with Gasteiger partial charge in [0.05, 0.1) is 0 Å². The molecule has 0 aliphatic rings. The Kier molecular flexibility index (Phi) is 6.98. The van der Waals surface area contributed by atoms with E-state index in [1.165, 1.54) is 50.5 Å². The third kappa shape index (κ3) is 6.33. The fourth-order valence-corrected chi connectivity index (χ4v) is 1.86. The summed E-state index contributed by atoms with van der Waals surface area (Å²) in [5.74, 6) is 0. The molecule has 1 aromatic rings. The summed E-state index contributed by atoms with van der Waals surface area (Å²) in [7, 11) is 0. The molecule has 84 valence electrons. The van der Waals surface area contributed by atoms with Gasteiger partial charge in [-0.3, -0.25) is 0 Å². The molecule has 0 radical (unpaired) electrons. The Morgan fingerprint density at radius 1 is 0.733 bits per heavy atom. The number of benzene rings is 1. The molecule has 0 bridgehead atoms. The molecule has 0 unspecified atom stereocenters. The standard InChI is InChI=1S/C15H23/c1-2-3-4-5-6-7-9-12-15-13-10-8-11-14-15/h8,10-11,13-14H,1-7,9,12H2/q-1. The molecule has 0 saturated carbocycles. The van der Waals surface area contributed by atoms with Crippen LogP contribution in [0.2, 0.25) is 0 Å². The van der Waals surface area contributed by atoms with Crippen LogP contribution in [0.15, 0.2) is 30.3 Å². The zero-order valence-electron chi connectivity index (χ0n) is 9.75. The van der Waals surface area contributed by atoms with Crippen molar-refractivity contribution in [3.8, 4) is 0 Å². The number of rotatable bonds is 8. The molecule has 0 heterocycles. The van der Waals surface area contributed by atoms with Gasteiger partial charge in [-0.25, -0.2) is 0 Å². The lowest BCUT2D eigenvalue weighted by atomic mass is 10.0. The van der Waals surface area contributed by atoms with Gasteiger partial charge < -0.3 is 6.92 Å². The second-order valence-corrected chi connectivity index (χ2v) is 4.21. The van der Waals surface area contributed by atoms with Gasteiger partial charge in [-0.15, -0.1) is 0 Å². The van der Waals surface area contributed by atoms with Crippen LogP contribution >= 0.6 is 0 Å². The van der Waals surface area contributed by atoms with E-state index < -0.39 is 0 Å². The number of aryl methyl sites for hydroxylation is 1. The van der Waals surface area contributed by atoms with E-state index in [0.29, 0.717) is 0 Å². The second-order valence-electron chi connectivity index (χ2n) is 4.21. The Morgan fingerprint density at radius 3 is 2.00 bits per heavy atom. The SMILES string of the molecule is [CH2-]CCCCCCCCc1ccccc1. The molecule has 0 aliphatic heterocycles. The fourth-order valence-electron chi connectivity index (χ4n) is 1.86. The summed E-state index contributed by atoms with van der Waals surface area (Å²) in [5, 5.41) is 0. The smallest absolute Gasteiger partial charge is 0.0279 e. The summed E-state index contributed by atoms with van der Waals surface area (Å²) in [6.07, 6.45) is 10.5. The first-order valence-electron chi connectivity index (χ1n) is 6.26. The first-order valence-corrected chi connectivity index (χ1v) is 6.26. The van der Waals surface area contributed by atoms with E-state index in [-0.39, 0.29) is 0 Å². The van der Waals surface area contributed by atoms with Gasteiger partial charge in [0.25, 0.3) is 0 Å². The van der Waals surface area contributed by atoms with Crippen LogP contribution < -0.4 is 0 Å². The highest BCUT2D eigenvalue weighted by molar-refractivity contribution is 5.14. The molecule has 15 heavy (non-hydrogen) atoms. The zero-order valence-corrected chi connectivity index (χ0v) is 9.75. The lowest BCUT2D eigenvalue weighted by Gasteiger charge is -2.02. The van der Waals surface area contributed by atoms with Gasteiger partial charge in [-0.2, -0.15) is 6.42 Å². The molecule has 1 aromatic carbocycles. The highest BCUT2D eigenvalue weighted by Gasteiger charge is 1.92. The fraction of sp³-hybridized carbons (Fsp3) is 0.533. The van der Waals surface area contributed by atoms with Gasteiger partial charge in [0.15, 0.2) is 0 Å². The van der Waals surface area contributed by atoms with Crippen molar-refractivity contribution in [3.05, 3.63) is 42.8 Å². The Labute approximate surface area is 94.7 Å². The molecule has 0 aromatic heterocycles. The van der Waals surface area contributed by atoms with Crippen LogP contribution in [-0.4, -0.2) is 0 Å². The first-order chi connectivity index (χ1) is 7.43. The minimum absolute atomic E-state index is 1.10. The maximum Gasteiger partial charge on any atom is -0.0279 e. The normalized spacial score (nSPS) is 10.5. The largest absolute Gasteiger partial charge is 0.343 e. The van der Waals surface area contributed by atoms with Crippen molar-refractivity contribution in [3.63, 3.8) is 0 Å². The van der Waals surface area contributed by atoms with Gasteiger partial charge in [-0.1, -0.05) is 62.4 Å². The molecular formula is C15H23-. The van der Waals surface area contributed by atoms with Gasteiger partial charge in [0.1, 0.15) is 0 Å². The van der Waals surface area contributed by atoms with Crippen LogP contribution in [0.1, 0.15) is 50.5 Å². The molecule has 1 rings (SSSR count). The maximum absolute atomic E-state index is 3.86. The van der Waals surface area contributed by atoms with Gasteiger partial charge in [-0.05, 0) is 18.4 Å². The summed E-state index contributed by atoms with van der Waals surface area (Å²) in [5.41, 5.74) is 1.48. The maximum atomic E-state index is 3.86. The first kappa shape index (κ1) is 12.3. The Hall–Kier alpha value is -0.780. The Bertz CT molecular complexity index is 225.